The van der Waals surface area contributed by atoms with Crippen LogP contribution in [0.1, 0.15) is 36.0 Å². The number of amides is 1. The van der Waals surface area contributed by atoms with Gasteiger partial charge in [-0.2, -0.15) is 5.10 Å². The van der Waals surface area contributed by atoms with Crippen LogP contribution in [0.3, 0.4) is 0 Å². The first-order valence-corrected chi connectivity index (χ1v) is 11.6. The molecule has 1 aromatic carbocycles. The van der Waals surface area contributed by atoms with Crippen LogP contribution in [0.4, 0.5) is 4.39 Å². The fourth-order valence-corrected chi connectivity index (χ4v) is 5.92. The summed E-state index contributed by atoms with van der Waals surface area (Å²) in [4.78, 5) is 27.7. The van der Waals surface area contributed by atoms with Gasteiger partial charge in [-0.1, -0.05) is 12.2 Å². The molecule has 1 saturated carbocycles. The van der Waals surface area contributed by atoms with Crippen molar-refractivity contribution >= 4 is 17.4 Å². The lowest BCUT2D eigenvalue weighted by molar-refractivity contribution is -0.133. The van der Waals surface area contributed by atoms with E-state index in [1.807, 2.05) is 0 Å². The number of hydrogen-bond donors (Lipinski definition) is 0. The molecule has 3 atom stereocenters. The molecule has 0 aromatic heterocycles. The fraction of sp³-hybridized carbons (Fsp3) is 0.560. The minimum Gasteiger partial charge on any atom is -0.383 e. The average Bonchev–Trinajstić information content (AvgIpc) is 3.35. The van der Waals surface area contributed by atoms with Crippen molar-refractivity contribution in [2.45, 2.75) is 25.7 Å². The van der Waals surface area contributed by atoms with Gasteiger partial charge in [0.2, 0.25) is 5.91 Å². The zero-order chi connectivity index (χ0) is 22.3. The molecule has 0 N–H and O–H groups in total. The van der Waals surface area contributed by atoms with Gasteiger partial charge >= 0.3 is 0 Å². The first-order chi connectivity index (χ1) is 15.5. The van der Waals surface area contributed by atoms with E-state index in [9.17, 15) is 14.0 Å². The molecule has 3 unspecified atom stereocenters. The Hall–Kier alpha value is -2.38. The van der Waals surface area contributed by atoms with E-state index in [0.29, 0.717) is 31.1 Å². The van der Waals surface area contributed by atoms with Crippen LogP contribution in [0.25, 0.3) is 0 Å². The van der Waals surface area contributed by atoms with Gasteiger partial charge in [0.05, 0.1) is 24.3 Å². The van der Waals surface area contributed by atoms with Gasteiger partial charge in [0.15, 0.2) is 5.78 Å². The standard InChI is InChI=1S/C25H30FN3O3/c1-32-16-25-9-6-19(15-25)21-14-22(30)29(27-24(21)25)13-12-28-10-7-18(8-11-28)23(31)17-2-4-20(26)5-3-17/h2-6,9,18-19,21H,7-8,10-16H2,1H3. The van der Waals surface area contributed by atoms with E-state index in [2.05, 4.69) is 17.1 Å². The number of rotatable bonds is 7. The number of ether oxygens (including phenoxy) is 1. The number of hydrazone groups is 1. The van der Waals surface area contributed by atoms with Crippen LogP contribution in [0, 0.1) is 29.0 Å². The van der Waals surface area contributed by atoms with Gasteiger partial charge in [0, 0.05) is 37.5 Å². The molecule has 32 heavy (non-hydrogen) atoms. The second-order valence-electron chi connectivity index (χ2n) is 9.62. The summed E-state index contributed by atoms with van der Waals surface area (Å²) in [6, 6.07) is 5.82. The van der Waals surface area contributed by atoms with Crippen molar-refractivity contribution in [1.29, 1.82) is 0 Å². The van der Waals surface area contributed by atoms with Crippen LogP contribution >= 0.6 is 0 Å². The molecule has 6 nitrogen and oxygen atoms in total. The molecule has 5 rings (SSSR count). The maximum absolute atomic E-state index is 13.1. The highest BCUT2D eigenvalue weighted by molar-refractivity contribution is 6.02. The SMILES string of the molecule is COCC12C=CC(C1)C1CC(=O)N(CCN3CCC(C(=O)c4ccc(F)cc4)CC3)N=C12. The zero-order valence-electron chi connectivity index (χ0n) is 18.5. The van der Waals surface area contributed by atoms with Crippen molar-refractivity contribution in [3.8, 4) is 0 Å². The number of piperidine rings is 1. The predicted molar refractivity (Wildman–Crippen MR) is 119 cm³/mol. The topological polar surface area (TPSA) is 62.2 Å². The third kappa shape index (κ3) is 3.82. The summed E-state index contributed by atoms with van der Waals surface area (Å²) in [5.74, 6) is 0.492. The number of benzene rings is 1. The number of allylic oxidation sites excluding steroid dienone is 1. The van der Waals surface area contributed by atoms with Crippen molar-refractivity contribution in [3.63, 3.8) is 0 Å². The summed E-state index contributed by atoms with van der Waals surface area (Å²) < 4.78 is 18.6. The number of ketones is 1. The summed E-state index contributed by atoms with van der Waals surface area (Å²) in [6.07, 6.45) is 7.57. The number of Topliss-reactive ketones (excluding diaryl/α,β-unsaturated/α-hetero) is 1. The Morgan fingerprint density at radius 1 is 1.22 bits per heavy atom. The molecule has 2 bridgehead atoms. The fourth-order valence-electron chi connectivity index (χ4n) is 5.92. The van der Waals surface area contributed by atoms with E-state index in [0.717, 1.165) is 44.6 Å². The highest BCUT2D eigenvalue weighted by atomic mass is 19.1. The van der Waals surface area contributed by atoms with Crippen LogP contribution in [0.15, 0.2) is 41.5 Å². The maximum atomic E-state index is 13.1. The third-order valence-electron chi connectivity index (χ3n) is 7.67. The highest BCUT2D eigenvalue weighted by Crippen LogP contribution is 2.53. The largest absolute Gasteiger partial charge is 0.383 e. The summed E-state index contributed by atoms with van der Waals surface area (Å²) in [6.45, 7) is 3.58. The van der Waals surface area contributed by atoms with E-state index in [1.54, 1.807) is 24.3 Å². The number of fused-ring (bicyclic) bond motifs is 5. The van der Waals surface area contributed by atoms with Crippen molar-refractivity contribution in [2.24, 2.45) is 28.3 Å². The van der Waals surface area contributed by atoms with Crippen LogP contribution in [0.2, 0.25) is 0 Å². The molecule has 4 aliphatic rings. The van der Waals surface area contributed by atoms with Crippen molar-refractivity contribution in [3.05, 3.63) is 47.8 Å². The lowest BCUT2D eigenvalue weighted by atomic mass is 9.80. The minimum absolute atomic E-state index is 0.0240. The van der Waals surface area contributed by atoms with Crippen molar-refractivity contribution < 1.29 is 18.7 Å². The number of methoxy groups -OCH3 is 1. The molecule has 7 heteroatoms. The van der Waals surface area contributed by atoms with Crippen molar-refractivity contribution in [2.75, 3.05) is 39.9 Å². The predicted octanol–water partition coefficient (Wildman–Crippen LogP) is 3.15. The lowest BCUT2D eigenvalue weighted by Gasteiger charge is -2.36. The van der Waals surface area contributed by atoms with Crippen molar-refractivity contribution in [1.82, 2.24) is 9.91 Å². The zero-order valence-corrected chi connectivity index (χ0v) is 18.5. The van der Waals surface area contributed by atoms with Crippen LogP contribution in [0.5, 0.6) is 0 Å². The summed E-state index contributed by atoms with van der Waals surface area (Å²) in [5.41, 5.74) is 1.57. The number of carbonyl (C=O) groups is 2. The number of carbonyl (C=O) groups excluding carboxylic acids is 2. The molecular weight excluding hydrogens is 409 g/mol. The molecule has 0 spiro atoms. The van der Waals surface area contributed by atoms with Gasteiger partial charge in [-0.15, -0.1) is 0 Å². The number of nitrogens with zero attached hydrogens (tertiary/aromatic N) is 3. The molecular formula is C25H30FN3O3. The number of likely N-dealkylation sites (tertiary alicyclic amines) is 1. The summed E-state index contributed by atoms with van der Waals surface area (Å²) in [5, 5.41) is 6.49. The van der Waals surface area contributed by atoms with Crippen LogP contribution in [-0.2, 0) is 9.53 Å². The van der Waals surface area contributed by atoms with E-state index < -0.39 is 0 Å². The molecule has 170 valence electrons. The minimum atomic E-state index is -0.326. The lowest BCUT2D eigenvalue weighted by Crippen LogP contribution is -2.46. The Labute approximate surface area is 188 Å². The second kappa shape index (κ2) is 8.52. The molecule has 2 aliphatic heterocycles. The highest BCUT2D eigenvalue weighted by Gasteiger charge is 2.55. The Kier molecular flexibility index (Phi) is 5.72. The van der Waals surface area contributed by atoms with E-state index in [-0.39, 0.29) is 34.8 Å². The Bertz CT molecular complexity index is 952. The Balaban J connectivity index is 1.16. The summed E-state index contributed by atoms with van der Waals surface area (Å²) >= 11 is 0. The monoisotopic (exact) mass is 439 g/mol. The van der Waals surface area contributed by atoms with Gasteiger partial charge in [0.25, 0.3) is 0 Å². The summed E-state index contributed by atoms with van der Waals surface area (Å²) in [7, 11) is 1.72. The van der Waals surface area contributed by atoms with E-state index in [1.165, 1.54) is 12.1 Å². The van der Waals surface area contributed by atoms with Gasteiger partial charge in [0.1, 0.15) is 5.82 Å². The quantitative estimate of drug-likeness (QED) is 0.484. The second-order valence-corrected chi connectivity index (χ2v) is 9.62. The Morgan fingerprint density at radius 3 is 2.69 bits per heavy atom. The molecule has 2 heterocycles. The smallest absolute Gasteiger partial charge is 0.243 e. The third-order valence-corrected chi connectivity index (χ3v) is 7.67. The van der Waals surface area contributed by atoms with E-state index >= 15 is 0 Å². The Morgan fingerprint density at radius 2 is 1.97 bits per heavy atom. The van der Waals surface area contributed by atoms with E-state index in [4.69, 9.17) is 9.84 Å². The maximum Gasteiger partial charge on any atom is 0.243 e. The first-order valence-electron chi connectivity index (χ1n) is 11.6. The average molecular weight is 440 g/mol. The number of halogens is 1. The molecule has 2 aliphatic carbocycles. The molecule has 0 radical (unpaired) electrons. The van der Waals surface area contributed by atoms with Gasteiger partial charge in [-0.05, 0) is 62.5 Å². The molecule has 1 aromatic rings. The molecule has 2 fully saturated rings. The number of hydrogen-bond acceptors (Lipinski definition) is 5. The van der Waals surface area contributed by atoms with Crippen LogP contribution < -0.4 is 0 Å². The first kappa shape index (κ1) is 21.5. The van der Waals surface area contributed by atoms with Crippen LogP contribution in [-0.4, -0.2) is 67.2 Å². The molecule has 1 amide bonds. The molecule has 1 saturated heterocycles. The van der Waals surface area contributed by atoms with Gasteiger partial charge < -0.3 is 9.64 Å². The van der Waals surface area contributed by atoms with Gasteiger partial charge in [-0.3, -0.25) is 9.59 Å². The normalized spacial score (nSPS) is 30.0. The van der Waals surface area contributed by atoms with Gasteiger partial charge in [-0.25, -0.2) is 9.40 Å².